The van der Waals surface area contributed by atoms with Crippen molar-refractivity contribution in [2.75, 3.05) is 0 Å². The Bertz CT molecular complexity index is 1070. The lowest BCUT2D eigenvalue weighted by Gasteiger charge is -2.19. The number of carbonyl (C=O) groups excluding carboxylic acids is 1. The van der Waals surface area contributed by atoms with Crippen LogP contribution < -0.4 is 5.32 Å². The molecular formula is C20H18ClN5O. The SMILES string of the molecule is Cc1[nH]nc2ccc(C(=O)NC(Cc3ncc[nH]3)c3ccccc3)c(Cl)c12. The first kappa shape index (κ1) is 17.3. The first-order chi connectivity index (χ1) is 13.1. The Kier molecular flexibility index (Phi) is 4.64. The van der Waals surface area contributed by atoms with Crippen molar-refractivity contribution in [3.8, 4) is 0 Å². The van der Waals surface area contributed by atoms with E-state index in [1.54, 1.807) is 24.5 Å². The average molecular weight is 380 g/mol. The molecule has 27 heavy (non-hydrogen) atoms. The lowest BCUT2D eigenvalue weighted by Crippen LogP contribution is -2.30. The second-order valence-electron chi connectivity index (χ2n) is 6.35. The fourth-order valence-electron chi connectivity index (χ4n) is 3.17. The van der Waals surface area contributed by atoms with E-state index in [0.717, 1.165) is 28.0 Å². The van der Waals surface area contributed by atoms with Crippen molar-refractivity contribution >= 4 is 28.4 Å². The number of rotatable bonds is 5. The van der Waals surface area contributed by atoms with E-state index < -0.39 is 0 Å². The molecule has 0 saturated heterocycles. The van der Waals surface area contributed by atoms with Crippen molar-refractivity contribution in [1.82, 2.24) is 25.5 Å². The Morgan fingerprint density at radius 3 is 2.78 bits per heavy atom. The molecule has 0 saturated carbocycles. The summed E-state index contributed by atoms with van der Waals surface area (Å²) in [7, 11) is 0. The van der Waals surface area contributed by atoms with Crippen LogP contribution in [0.25, 0.3) is 10.9 Å². The van der Waals surface area contributed by atoms with Gasteiger partial charge in [-0.1, -0.05) is 41.9 Å². The summed E-state index contributed by atoms with van der Waals surface area (Å²) in [6, 6.07) is 13.1. The van der Waals surface area contributed by atoms with Gasteiger partial charge in [0.05, 0.1) is 22.1 Å². The van der Waals surface area contributed by atoms with Crippen LogP contribution in [-0.2, 0) is 6.42 Å². The molecule has 0 aliphatic rings. The van der Waals surface area contributed by atoms with Crippen LogP contribution in [0.3, 0.4) is 0 Å². The topological polar surface area (TPSA) is 86.5 Å². The molecule has 0 aliphatic carbocycles. The van der Waals surface area contributed by atoms with Crippen LogP contribution in [0.4, 0.5) is 0 Å². The number of nitrogens with one attached hydrogen (secondary N) is 3. The van der Waals surface area contributed by atoms with Gasteiger partial charge in [-0.25, -0.2) is 4.98 Å². The molecule has 2 heterocycles. The predicted molar refractivity (Wildman–Crippen MR) is 105 cm³/mol. The fourth-order valence-corrected chi connectivity index (χ4v) is 3.55. The van der Waals surface area contributed by atoms with Gasteiger partial charge in [0.2, 0.25) is 0 Å². The van der Waals surface area contributed by atoms with Crippen LogP contribution in [0.5, 0.6) is 0 Å². The van der Waals surface area contributed by atoms with Crippen molar-refractivity contribution in [3.05, 3.63) is 82.5 Å². The third-order valence-electron chi connectivity index (χ3n) is 4.54. The minimum atomic E-state index is -0.234. The minimum absolute atomic E-state index is 0.233. The first-order valence-corrected chi connectivity index (χ1v) is 8.98. The number of aryl methyl sites for hydroxylation is 1. The van der Waals surface area contributed by atoms with E-state index in [1.807, 2.05) is 37.3 Å². The predicted octanol–water partition coefficient (Wildman–Crippen LogP) is 3.96. The second-order valence-corrected chi connectivity index (χ2v) is 6.72. The molecular weight excluding hydrogens is 362 g/mol. The van der Waals surface area contributed by atoms with Crippen molar-refractivity contribution in [3.63, 3.8) is 0 Å². The van der Waals surface area contributed by atoms with Gasteiger partial charge in [0.25, 0.3) is 5.91 Å². The number of benzene rings is 2. The summed E-state index contributed by atoms with van der Waals surface area (Å²) in [4.78, 5) is 20.4. The zero-order valence-corrected chi connectivity index (χ0v) is 15.4. The number of nitrogens with zero attached hydrogens (tertiary/aromatic N) is 2. The van der Waals surface area contributed by atoms with Crippen molar-refractivity contribution in [1.29, 1.82) is 0 Å². The number of halogens is 1. The van der Waals surface area contributed by atoms with Crippen LogP contribution in [-0.4, -0.2) is 26.1 Å². The molecule has 0 radical (unpaired) electrons. The van der Waals surface area contributed by atoms with E-state index in [-0.39, 0.29) is 11.9 Å². The molecule has 4 rings (SSSR count). The Labute approximate surface area is 161 Å². The van der Waals surface area contributed by atoms with Gasteiger partial charge in [0.1, 0.15) is 5.82 Å². The summed E-state index contributed by atoms with van der Waals surface area (Å²) in [5.74, 6) is 0.569. The Morgan fingerprint density at radius 2 is 2.04 bits per heavy atom. The summed E-state index contributed by atoms with van der Waals surface area (Å²) in [5.41, 5.74) is 3.00. The number of imidazole rings is 1. The monoisotopic (exact) mass is 379 g/mol. The van der Waals surface area contributed by atoms with Gasteiger partial charge in [-0.2, -0.15) is 5.10 Å². The standard InChI is InChI=1S/C20H18ClN5O/c1-12-18-15(26-25-12)8-7-14(19(18)21)20(27)24-16(11-17-22-9-10-23-17)13-5-3-2-4-6-13/h2-10,16H,11H2,1H3,(H,22,23)(H,24,27)(H,25,26). The van der Waals surface area contributed by atoms with Crippen molar-refractivity contribution in [2.45, 2.75) is 19.4 Å². The number of aromatic amines is 2. The molecule has 1 unspecified atom stereocenters. The smallest absolute Gasteiger partial charge is 0.253 e. The lowest BCUT2D eigenvalue weighted by atomic mass is 10.0. The van der Waals surface area contributed by atoms with E-state index in [1.165, 1.54) is 0 Å². The number of H-pyrrole nitrogens is 2. The van der Waals surface area contributed by atoms with Gasteiger partial charge in [-0.3, -0.25) is 9.89 Å². The molecule has 2 aromatic heterocycles. The molecule has 3 N–H and O–H groups in total. The van der Waals surface area contributed by atoms with Gasteiger partial charge in [0, 0.05) is 29.9 Å². The van der Waals surface area contributed by atoms with Crippen LogP contribution in [0.15, 0.2) is 54.9 Å². The van der Waals surface area contributed by atoms with E-state index in [9.17, 15) is 4.79 Å². The van der Waals surface area contributed by atoms with Gasteiger partial charge >= 0.3 is 0 Å². The molecule has 4 aromatic rings. The summed E-state index contributed by atoms with van der Waals surface area (Å²) in [5, 5.41) is 11.4. The third kappa shape index (κ3) is 3.44. The second kappa shape index (κ2) is 7.25. The molecule has 0 spiro atoms. The summed E-state index contributed by atoms with van der Waals surface area (Å²) in [6.45, 7) is 1.88. The van der Waals surface area contributed by atoms with Crippen LogP contribution in [0.1, 0.15) is 33.5 Å². The highest BCUT2D eigenvalue weighted by Crippen LogP contribution is 2.29. The molecule has 2 aromatic carbocycles. The highest BCUT2D eigenvalue weighted by Gasteiger charge is 2.21. The Morgan fingerprint density at radius 1 is 1.22 bits per heavy atom. The largest absolute Gasteiger partial charge is 0.349 e. The maximum Gasteiger partial charge on any atom is 0.253 e. The number of fused-ring (bicyclic) bond motifs is 1. The molecule has 1 atom stereocenters. The molecule has 7 heteroatoms. The number of hydrogen-bond acceptors (Lipinski definition) is 3. The van der Waals surface area contributed by atoms with Crippen molar-refractivity contribution < 1.29 is 4.79 Å². The van der Waals surface area contributed by atoms with E-state index in [0.29, 0.717) is 17.0 Å². The highest BCUT2D eigenvalue weighted by molar-refractivity contribution is 6.38. The van der Waals surface area contributed by atoms with Gasteiger partial charge in [-0.05, 0) is 24.6 Å². The Balaban J connectivity index is 1.65. The number of hydrogen-bond donors (Lipinski definition) is 3. The first-order valence-electron chi connectivity index (χ1n) is 8.60. The molecule has 0 bridgehead atoms. The zero-order valence-electron chi connectivity index (χ0n) is 14.7. The average Bonchev–Trinajstić information content (AvgIpc) is 3.32. The van der Waals surface area contributed by atoms with Crippen LogP contribution >= 0.6 is 11.6 Å². The molecule has 6 nitrogen and oxygen atoms in total. The Hall–Kier alpha value is -3.12. The fraction of sp³-hybridized carbons (Fsp3) is 0.150. The normalized spacial score (nSPS) is 12.2. The van der Waals surface area contributed by atoms with E-state index in [4.69, 9.17) is 11.6 Å². The van der Waals surface area contributed by atoms with Crippen LogP contribution in [0, 0.1) is 6.92 Å². The molecule has 0 aliphatic heterocycles. The maximum atomic E-state index is 13.0. The number of aromatic nitrogens is 4. The van der Waals surface area contributed by atoms with E-state index in [2.05, 4.69) is 25.5 Å². The quantitative estimate of drug-likeness (QED) is 0.490. The lowest BCUT2D eigenvalue weighted by molar-refractivity contribution is 0.0936. The number of carbonyl (C=O) groups is 1. The maximum absolute atomic E-state index is 13.0. The summed E-state index contributed by atoms with van der Waals surface area (Å²) >= 11 is 6.52. The molecule has 1 amide bonds. The van der Waals surface area contributed by atoms with Gasteiger partial charge in [0.15, 0.2) is 0 Å². The van der Waals surface area contributed by atoms with Crippen LogP contribution in [0.2, 0.25) is 5.02 Å². The third-order valence-corrected chi connectivity index (χ3v) is 4.94. The number of amides is 1. The zero-order chi connectivity index (χ0) is 18.8. The summed E-state index contributed by atoms with van der Waals surface area (Å²) in [6.07, 6.45) is 4.02. The summed E-state index contributed by atoms with van der Waals surface area (Å²) < 4.78 is 0. The van der Waals surface area contributed by atoms with Gasteiger partial charge in [-0.15, -0.1) is 0 Å². The molecule has 136 valence electrons. The van der Waals surface area contributed by atoms with E-state index >= 15 is 0 Å². The molecule has 0 fully saturated rings. The highest BCUT2D eigenvalue weighted by atomic mass is 35.5. The minimum Gasteiger partial charge on any atom is -0.349 e. The van der Waals surface area contributed by atoms with Gasteiger partial charge < -0.3 is 10.3 Å². The van der Waals surface area contributed by atoms with Crippen molar-refractivity contribution in [2.24, 2.45) is 0 Å².